The summed E-state index contributed by atoms with van der Waals surface area (Å²) in [7, 11) is 3.00. The van der Waals surface area contributed by atoms with Crippen molar-refractivity contribution in [2.24, 2.45) is 0 Å². The average molecular weight is 337 g/mol. The first-order valence-corrected chi connectivity index (χ1v) is 6.59. The third kappa shape index (κ3) is 2.91. The summed E-state index contributed by atoms with van der Waals surface area (Å²) < 4.78 is 11.1. The van der Waals surface area contributed by atoms with Crippen molar-refractivity contribution in [3.63, 3.8) is 0 Å². The molecule has 0 saturated carbocycles. The van der Waals surface area contributed by atoms with Crippen molar-refractivity contribution in [2.45, 2.75) is 0 Å². The summed E-state index contributed by atoms with van der Waals surface area (Å²) in [6.07, 6.45) is 1.60. The van der Waals surface area contributed by atoms with Crippen LogP contribution >= 0.6 is 15.9 Å². The molecule has 1 aromatic carbocycles. The molecule has 0 spiro atoms. The molecule has 0 radical (unpaired) electrons. The lowest BCUT2D eigenvalue weighted by Gasteiger charge is -2.13. The number of hydrogen-bond donors (Lipinski definition) is 1. The number of nitrogens with zero attached hydrogens (tertiary/aromatic N) is 1. The Morgan fingerprint density at radius 1 is 1.15 bits per heavy atom. The highest BCUT2D eigenvalue weighted by Gasteiger charge is 2.19. The number of rotatable bonds is 4. The fourth-order valence-corrected chi connectivity index (χ4v) is 2.08. The first kappa shape index (κ1) is 14.3. The molecule has 0 fully saturated rings. The van der Waals surface area contributed by atoms with E-state index < -0.39 is 0 Å². The summed E-state index contributed by atoms with van der Waals surface area (Å²) in [6, 6.07) is 8.71. The van der Waals surface area contributed by atoms with Gasteiger partial charge < -0.3 is 14.8 Å². The smallest absolute Gasteiger partial charge is 0.264 e. The van der Waals surface area contributed by atoms with E-state index in [-0.39, 0.29) is 5.91 Å². The average Bonchev–Trinajstić information content (AvgIpc) is 2.48. The van der Waals surface area contributed by atoms with Crippen molar-refractivity contribution in [1.82, 2.24) is 4.98 Å². The van der Waals surface area contributed by atoms with Crippen LogP contribution in [0.2, 0.25) is 0 Å². The van der Waals surface area contributed by atoms with Crippen molar-refractivity contribution in [1.29, 1.82) is 0 Å². The third-order valence-corrected chi connectivity index (χ3v) is 3.29. The first-order valence-electron chi connectivity index (χ1n) is 5.80. The lowest BCUT2D eigenvalue weighted by molar-refractivity contribution is 0.102. The van der Waals surface area contributed by atoms with Crippen molar-refractivity contribution in [2.75, 3.05) is 19.5 Å². The second-order valence-corrected chi connectivity index (χ2v) is 4.68. The molecule has 0 unspecified atom stereocenters. The molecule has 5 nitrogen and oxygen atoms in total. The number of halogens is 1. The minimum atomic E-state index is -0.348. The molecule has 0 bridgehead atoms. The van der Waals surface area contributed by atoms with Gasteiger partial charge in [-0.3, -0.25) is 4.79 Å². The molecule has 1 N–H and O–H groups in total. The monoisotopic (exact) mass is 336 g/mol. The van der Waals surface area contributed by atoms with Crippen molar-refractivity contribution < 1.29 is 14.3 Å². The first-order chi connectivity index (χ1) is 9.67. The summed E-state index contributed by atoms with van der Waals surface area (Å²) in [5.74, 6) is 0.965. The standard InChI is InChI=1S/C14H13BrN2O3/c1-19-10-6-3-7-11(20-2)12(10)14(18)17-13-9(15)5-4-8-16-13/h3-8H,1-2H3,(H,16,17,18). The highest BCUT2D eigenvalue weighted by molar-refractivity contribution is 9.10. The van der Waals surface area contributed by atoms with Crippen LogP contribution in [0.25, 0.3) is 0 Å². The Bertz CT molecular complexity index is 609. The van der Waals surface area contributed by atoms with E-state index >= 15 is 0 Å². The molecule has 6 heteroatoms. The molecular formula is C14H13BrN2O3. The van der Waals surface area contributed by atoms with Gasteiger partial charge in [0, 0.05) is 6.20 Å². The van der Waals surface area contributed by atoms with Crippen LogP contribution in [0, 0.1) is 0 Å². The Hall–Kier alpha value is -2.08. The molecular weight excluding hydrogens is 324 g/mol. The van der Waals surface area contributed by atoms with Crippen molar-refractivity contribution >= 4 is 27.7 Å². The van der Waals surface area contributed by atoms with E-state index in [1.54, 1.807) is 36.5 Å². The second kappa shape index (κ2) is 6.38. The molecule has 2 rings (SSSR count). The Labute approximate surface area is 125 Å². The fraction of sp³-hybridized carbons (Fsp3) is 0.143. The summed E-state index contributed by atoms with van der Waals surface area (Å²) in [5.41, 5.74) is 0.329. The van der Waals surface area contributed by atoms with Crippen LogP contribution in [0.5, 0.6) is 11.5 Å². The lowest BCUT2D eigenvalue weighted by Crippen LogP contribution is -2.15. The van der Waals surface area contributed by atoms with Crippen LogP contribution in [0.1, 0.15) is 10.4 Å². The number of anilines is 1. The topological polar surface area (TPSA) is 60.5 Å². The van der Waals surface area contributed by atoms with Crippen LogP contribution in [0.15, 0.2) is 41.0 Å². The van der Waals surface area contributed by atoms with E-state index in [0.717, 1.165) is 0 Å². The van der Waals surface area contributed by atoms with Crippen LogP contribution in [0.3, 0.4) is 0 Å². The number of hydrogen-bond acceptors (Lipinski definition) is 4. The Balaban J connectivity index is 2.36. The second-order valence-electron chi connectivity index (χ2n) is 3.83. The molecule has 0 aliphatic rings. The third-order valence-electron chi connectivity index (χ3n) is 2.65. The van der Waals surface area contributed by atoms with Gasteiger partial charge in [-0.2, -0.15) is 0 Å². The largest absolute Gasteiger partial charge is 0.496 e. The molecule has 20 heavy (non-hydrogen) atoms. The Kier molecular flexibility index (Phi) is 4.57. The van der Waals surface area contributed by atoms with Crippen LogP contribution < -0.4 is 14.8 Å². The number of aromatic nitrogens is 1. The Morgan fingerprint density at radius 3 is 2.35 bits per heavy atom. The molecule has 1 heterocycles. The van der Waals surface area contributed by atoms with Gasteiger partial charge in [-0.05, 0) is 40.2 Å². The van der Waals surface area contributed by atoms with Gasteiger partial charge in [0.25, 0.3) is 5.91 Å². The van der Waals surface area contributed by atoms with E-state index in [1.165, 1.54) is 14.2 Å². The molecule has 0 aliphatic carbocycles. The highest BCUT2D eigenvalue weighted by atomic mass is 79.9. The van der Waals surface area contributed by atoms with Crippen LogP contribution in [0.4, 0.5) is 5.82 Å². The fourth-order valence-electron chi connectivity index (χ4n) is 1.72. The van der Waals surface area contributed by atoms with Gasteiger partial charge in [0.15, 0.2) is 0 Å². The molecule has 1 aromatic heterocycles. The number of methoxy groups -OCH3 is 2. The van der Waals surface area contributed by atoms with Crippen molar-refractivity contribution in [3.05, 3.63) is 46.6 Å². The van der Waals surface area contributed by atoms with Crippen LogP contribution in [-0.2, 0) is 0 Å². The van der Waals surface area contributed by atoms with Gasteiger partial charge in [0.05, 0.1) is 18.7 Å². The number of benzene rings is 1. The minimum Gasteiger partial charge on any atom is -0.496 e. The quantitative estimate of drug-likeness (QED) is 0.931. The summed E-state index contributed by atoms with van der Waals surface area (Å²) in [4.78, 5) is 16.5. The lowest BCUT2D eigenvalue weighted by atomic mass is 10.1. The molecule has 1 amide bonds. The molecule has 0 atom stereocenters. The van der Waals surface area contributed by atoms with Gasteiger partial charge in [-0.1, -0.05) is 6.07 Å². The molecule has 0 aliphatic heterocycles. The number of amides is 1. The Morgan fingerprint density at radius 2 is 1.80 bits per heavy atom. The molecule has 104 valence electrons. The van der Waals surface area contributed by atoms with Gasteiger partial charge >= 0.3 is 0 Å². The number of pyridine rings is 1. The maximum atomic E-state index is 12.4. The molecule has 2 aromatic rings. The molecule has 0 saturated heterocycles. The van der Waals surface area contributed by atoms with E-state index in [4.69, 9.17) is 9.47 Å². The van der Waals surface area contributed by atoms with Gasteiger partial charge in [-0.15, -0.1) is 0 Å². The van der Waals surface area contributed by atoms with E-state index in [1.807, 2.05) is 0 Å². The normalized spacial score (nSPS) is 9.95. The van der Waals surface area contributed by atoms with E-state index in [9.17, 15) is 4.79 Å². The minimum absolute atomic E-state index is 0.329. The van der Waals surface area contributed by atoms with Gasteiger partial charge in [0.2, 0.25) is 0 Å². The zero-order chi connectivity index (χ0) is 14.5. The van der Waals surface area contributed by atoms with Gasteiger partial charge in [0.1, 0.15) is 22.9 Å². The summed E-state index contributed by atoms with van der Waals surface area (Å²) in [5, 5.41) is 2.72. The number of carbonyl (C=O) groups excluding carboxylic acids is 1. The van der Waals surface area contributed by atoms with Crippen molar-refractivity contribution in [3.8, 4) is 11.5 Å². The number of ether oxygens (including phenoxy) is 2. The maximum Gasteiger partial charge on any atom is 0.264 e. The van der Waals surface area contributed by atoms with Gasteiger partial charge in [-0.25, -0.2) is 4.98 Å². The van der Waals surface area contributed by atoms with E-state index in [0.29, 0.717) is 27.4 Å². The SMILES string of the molecule is COc1cccc(OC)c1C(=O)Nc1ncccc1Br. The zero-order valence-electron chi connectivity index (χ0n) is 11.0. The maximum absolute atomic E-state index is 12.4. The predicted octanol–water partition coefficient (Wildman–Crippen LogP) is 3.11. The number of carbonyl (C=O) groups is 1. The summed E-state index contributed by atoms with van der Waals surface area (Å²) >= 11 is 3.33. The van der Waals surface area contributed by atoms with E-state index in [2.05, 4.69) is 26.2 Å². The van der Waals surface area contributed by atoms with Crippen LogP contribution in [-0.4, -0.2) is 25.1 Å². The highest BCUT2D eigenvalue weighted by Crippen LogP contribution is 2.29. The zero-order valence-corrected chi connectivity index (χ0v) is 12.6. The predicted molar refractivity (Wildman–Crippen MR) is 79.4 cm³/mol. The number of nitrogens with one attached hydrogen (secondary N) is 1. The summed E-state index contributed by atoms with van der Waals surface area (Å²) in [6.45, 7) is 0.